The van der Waals surface area contributed by atoms with E-state index in [-0.39, 0.29) is 30.6 Å². The summed E-state index contributed by atoms with van der Waals surface area (Å²) in [7, 11) is 4.34. The maximum atomic E-state index is 14.0. The lowest BCUT2D eigenvalue weighted by molar-refractivity contribution is -0.182. The zero-order chi connectivity index (χ0) is 33.9. The van der Waals surface area contributed by atoms with Crippen molar-refractivity contribution >= 4 is 5.91 Å². The van der Waals surface area contributed by atoms with Gasteiger partial charge in [0.2, 0.25) is 5.91 Å². The summed E-state index contributed by atoms with van der Waals surface area (Å²) in [6, 6.07) is 17.8. The van der Waals surface area contributed by atoms with Gasteiger partial charge in [-0.1, -0.05) is 83.1 Å². The van der Waals surface area contributed by atoms with Crippen LogP contribution in [-0.4, -0.2) is 77.4 Å². The zero-order valence-corrected chi connectivity index (χ0v) is 30.4. The quantitative estimate of drug-likeness (QED) is 0.233. The number of hydroxylamine groups is 2. The Morgan fingerprint density at radius 1 is 1.04 bits per heavy atom. The molecule has 2 N–H and O–H groups in total. The molecule has 2 aromatic rings. The summed E-state index contributed by atoms with van der Waals surface area (Å²) in [4.78, 5) is 25.3. The van der Waals surface area contributed by atoms with Gasteiger partial charge in [-0.05, 0) is 98.5 Å². The summed E-state index contributed by atoms with van der Waals surface area (Å²) in [6.45, 7) is 16.9. The fourth-order valence-corrected chi connectivity index (χ4v) is 8.83. The van der Waals surface area contributed by atoms with Crippen LogP contribution < -0.4 is 5.32 Å². The van der Waals surface area contributed by atoms with E-state index in [2.05, 4.69) is 119 Å². The van der Waals surface area contributed by atoms with Gasteiger partial charge in [-0.15, -0.1) is 0 Å². The maximum Gasteiger partial charge on any atom is 0.240 e. The highest BCUT2D eigenvalue weighted by atomic mass is 16.7. The molecule has 2 bridgehead atoms. The minimum atomic E-state index is -0.417. The van der Waals surface area contributed by atoms with E-state index >= 15 is 0 Å². The molecular formula is C40H62N4O3. The Labute approximate surface area is 285 Å². The fourth-order valence-electron chi connectivity index (χ4n) is 8.83. The van der Waals surface area contributed by atoms with E-state index in [1.165, 1.54) is 23.1 Å². The van der Waals surface area contributed by atoms with Crippen molar-refractivity contribution in [1.29, 1.82) is 0 Å². The number of hydrogen-bond donors (Lipinski definition) is 2. The smallest absolute Gasteiger partial charge is 0.240 e. The first kappa shape index (κ1) is 36.0. The minimum absolute atomic E-state index is 0.0508. The van der Waals surface area contributed by atoms with Crippen molar-refractivity contribution in [3.05, 3.63) is 70.8 Å². The van der Waals surface area contributed by atoms with Crippen molar-refractivity contribution in [3.63, 3.8) is 0 Å². The maximum absolute atomic E-state index is 14.0. The molecule has 3 aliphatic carbocycles. The number of carbonyl (C=O) groups is 1. The molecule has 1 amide bonds. The number of rotatable bonds is 15. The number of benzene rings is 2. The molecule has 3 saturated carbocycles. The Bertz CT molecular complexity index is 1300. The number of likely N-dealkylation sites (N-methyl/N-ethyl adjacent to an activating group) is 1. The van der Waals surface area contributed by atoms with Crippen LogP contribution in [0, 0.1) is 36.0 Å². The highest BCUT2D eigenvalue weighted by molar-refractivity contribution is 5.82. The lowest BCUT2D eigenvalue weighted by atomic mass is 9.48. The number of aryl methyl sites for hydroxylation is 1. The van der Waals surface area contributed by atoms with E-state index in [1.807, 2.05) is 5.06 Å². The molecule has 4 fully saturated rings. The van der Waals surface area contributed by atoms with Crippen LogP contribution in [-0.2, 0) is 29.3 Å². The van der Waals surface area contributed by atoms with E-state index in [0.29, 0.717) is 35.8 Å². The number of carbonyl (C=O) groups excluding carboxylic acids is 1. The highest BCUT2D eigenvalue weighted by Crippen LogP contribution is 2.59. The summed E-state index contributed by atoms with van der Waals surface area (Å²) >= 11 is 0. The van der Waals surface area contributed by atoms with Crippen LogP contribution >= 0.6 is 0 Å². The first-order valence-electron chi connectivity index (χ1n) is 18.2. The summed E-state index contributed by atoms with van der Waals surface area (Å²) in [5.74, 6) is 1.99. The third-order valence-corrected chi connectivity index (χ3v) is 11.7. The Hall–Kier alpha value is -2.29. The number of nitrogens with zero attached hydrogens (tertiary/aromatic N) is 3. The van der Waals surface area contributed by atoms with Gasteiger partial charge in [0.1, 0.15) is 12.1 Å². The molecule has 7 atom stereocenters. The van der Waals surface area contributed by atoms with E-state index in [9.17, 15) is 9.90 Å². The first-order chi connectivity index (χ1) is 22.4. The van der Waals surface area contributed by atoms with Crippen molar-refractivity contribution in [2.45, 2.75) is 118 Å². The van der Waals surface area contributed by atoms with Crippen molar-refractivity contribution < 1.29 is 14.7 Å². The number of aliphatic hydroxyl groups is 1. The fraction of sp³-hybridized carbons (Fsp3) is 0.675. The molecule has 0 radical (unpaired) electrons. The van der Waals surface area contributed by atoms with E-state index in [4.69, 9.17) is 4.84 Å². The molecule has 1 saturated heterocycles. The summed E-state index contributed by atoms with van der Waals surface area (Å²) < 4.78 is 0. The number of fused-ring (bicyclic) bond motifs is 2. The van der Waals surface area contributed by atoms with E-state index in [0.717, 1.165) is 50.9 Å². The van der Waals surface area contributed by atoms with Crippen LogP contribution in [0.4, 0.5) is 0 Å². The van der Waals surface area contributed by atoms with Crippen LogP contribution in [0.25, 0.3) is 0 Å². The highest BCUT2D eigenvalue weighted by Gasteiger charge is 2.54. The Morgan fingerprint density at radius 3 is 2.36 bits per heavy atom. The molecule has 7 heteroatoms. The largest absolute Gasteiger partial charge is 0.394 e. The number of amides is 1. The molecule has 1 aliphatic heterocycles. The van der Waals surface area contributed by atoms with Gasteiger partial charge in [0.15, 0.2) is 0 Å². The van der Waals surface area contributed by atoms with Gasteiger partial charge in [0.05, 0.1) is 13.2 Å². The van der Waals surface area contributed by atoms with Crippen molar-refractivity contribution in [1.82, 2.24) is 20.2 Å². The predicted octanol–water partition coefficient (Wildman–Crippen LogP) is 6.42. The van der Waals surface area contributed by atoms with Crippen molar-refractivity contribution in [2.75, 3.05) is 27.2 Å². The van der Waals surface area contributed by atoms with E-state index < -0.39 is 6.04 Å². The molecule has 4 aliphatic rings. The SMILES string of the molecule is CC[C@@H]1[C@H](CO)ON(Cc2cccc(CN(Cc3ccccc3C)[C@@H](CC(C)C)CN(C)C)c2)[C@@H]1C(=O)NC1C[C@@H]2C[C@H](C1)C2(C)C. The normalized spacial score (nSPS) is 27.7. The van der Waals surface area contributed by atoms with Gasteiger partial charge in [-0.25, -0.2) is 0 Å². The van der Waals surface area contributed by atoms with Gasteiger partial charge in [-0.3, -0.25) is 14.5 Å². The van der Waals surface area contributed by atoms with Crippen LogP contribution in [0.15, 0.2) is 48.5 Å². The summed E-state index contributed by atoms with van der Waals surface area (Å²) in [6.07, 6.45) is 4.97. The van der Waals surface area contributed by atoms with Gasteiger partial charge < -0.3 is 15.3 Å². The topological polar surface area (TPSA) is 68.3 Å². The van der Waals surface area contributed by atoms with E-state index in [1.54, 1.807) is 0 Å². The Morgan fingerprint density at radius 2 is 1.74 bits per heavy atom. The van der Waals surface area contributed by atoms with Gasteiger partial charge in [0.25, 0.3) is 0 Å². The third kappa shape index (κ3) is 8.48. The van der Waals surface area contributed by atoms with Crippen molar-refractivity contribution in [3.8, 4) is 0 Å². The standard InChI is InChI=1S/C40H62N4O3/c1-9-36-37(26-45)47-44(38(36)39(46)41-34-20-32-19-33(21-34)40(32,5)6)23-30-15-12-14-29(18-30)22-43(24-31-16-11-10-13-28(31)4)35(17-27(2)3)25-42(7)8/h10-16,18,27,32-38,45H,9,17,19-26H2,1-8H3,(H,41,46)/t32-,33+,34?,35-,36+,37-,38-/m0/s1. The lowest BCUT2D eigenvalue weighted by Crippen LogP contribution is -2.58. The monoisotopic (exact) mass is 646 g/mol. The number of aliphatic hydroxyl groups excluding tert-OH is 1. The van der Waals surface area contributed by atoms with Crippen molar-refractivity contribution in [2.24, 2.45) is 29.1 Å². The number of hydrogen-bond acceptors (Lipinski definition) is 6. The summed E-state index contributed by atoms with van der Waals surface area (Å²) in [5.41, 5.74) is 5.49. The van der Waals surface area contributed by atoms with Crippen LogP contribution in [0.1, 0.15) is 89.0 Å². The third-order valence-electron chi connectivity index (χ3n) is 11.7. The molecular weight excluding hydrogens is 584 g/mol. The second-order valence-electron chi connectivity index (χ2n) is 16.2. The Balaban J connectivity index is 1.33. The molecule has 6 rings (SSSR count). The van der Waals surface area contributed by atoms with Crippen LogP contribution in [0.2, 0.25) is 0 Å². The average Bonchev–Trinajstić information content (AvgIpc) is 3.38. The molecule has 0 spiro atoms. The van der Waals surface area contributed by atoms with Crippen LogP contribution in [0.5, 0.6) is 0 Å². The molecule has 1 unspecified atom stereocenters. The second-order valence-corrected chi connectivity index (χ2v) is 16.2. The lowest BCUT2D eigenvalue weighted by Gasteiger charge is -2.59. The summed E-state index contributed by atoms with van der Waals surface area (Å²) in [5, 5.41) is 15.5. The minimum Gasteiger partial charge on any atom is -0.394 e. The number of nitrogens with one attached hydrogen (secondary N) is 1. The molecule has 47 heavy (non-hydrogen) atoms. The molecule has 2 aromatic carbocycles. The average molecular weight is 647 g/mol. The molecule has 260 valence electrons. The predicted molar refractivity (Wildman–Crippen MR) is 190 cm³/mol. The van der Waals surface area contributed by atoms with Gasteiger partial charge >= 0.3 is 0 Å². The Kier molecular flexibility index (Phi) is 11.9. The van der Waals surface area contributed by atoms with Gasteiger partial charge in [-0.2, -0.15) is 5.06 Å². The second kappa shape index (κ2) is 15.5. The zero-order valence-electron chi connectivity index (χ0n) is 30.4. The van der Waals surface area contributed by atoms with Crippen LogP contribution in [0.3, 0.4) is 0 Å². The first-order valence-corrected chi connectivity index (χ1v) is 18.2. The molecule has 7 nitrogen and oxygen atoms in total. The molecule has 1 heterocycles. The molecule has 0 aromatic heterocycles. The van der Waals surface area contributed by atoms with Gasteiger partial charge in [0, 0.05) is 37.6 Å².